The van der Waals surface area contributed by atoms with Crippen LogP contribution in [0.25, 0.3) is 0 Å². The van der Waals surface area contributed by atoms with Crippen LogP contribution in [-0.4, -0.2) is 16.9 Å². The Morgan fingerprint density at radius 2 is 2.00 bits per heavy atom. The van der Waals surface area contributed by atoms with E-state index in [0.717, 1.165) is 11.5 Å². The number of fused-ring (bicyclic) bond motifs is 1. The number of rotatable bonds is 3. The number of aromatic nitrogens is 1. The maximum Gasteiger partial charge on any atom is 0.224 e. The van der Waals surface area contributed by atoms with Gasteiger partial charge in [0.2, 0.25) is 5.91 Å². The number of pyridine rings is 1. The average Bonchev–Trinajstić information content (AvgIpc) is 3.41. The van der Waals surface area contributed by atoms with Crippen LogP contribution in [0.4, 0.5) is 11.5 Å². The van der Waals surface area contributed by atoms with Crippen molar-refractivity contribution in [2.24, 2.45) is 11.8 Å². The topological polar surface area (TPSA) is 45.2 Å². The monoisotopic (exact) mass is 335 g/mol. The van der Waals surface area contributed by atoms with E-state index in [-0.39, 0.29) is 18.0 Å². The zero-order valence-corrected chi connectivity index (χ0v) is 15.1. The molecule has 0 spiro atoms. The Kier molecular flexibility index (Phi) is 3.98. The van der Waals surface area contributed by atoms with Gasteiger partial charge in [0.15, 0.2) is 0 Å². The van der Waals surface area contributed by atoms with Gasteiger partial charge in [-0.2, -0.15) is 0 Å². The lowest BCUT2D eigenvalue weighted by Gasteiger charge is -2.45. The van der Waals surface area contributed by atoms with E-state index in [0.29, 0.717) is 11.8 Å². The van der Waals surface area contributed by atoms with Crippen molar-refractivity contribution in [3.8, 4) is 0 Å². The summed E-state index contributed by atoms with van der Waals surface area (Å²) in [6.07, 6.45) is 4.28. The van der Waals surface area contributed by atoms with Crippen LogP contribution in [-0.2, 0) is 4.79 Å². The minimum atomic E-state index is 0.142. The number of nitrogens with one attached hydrogen (secondary N) is 1. The van der Waals surface area contributed by atoms with E-state index in [1.165, 1.54) is 24.0 Å². The van der Waals surface area contributed by atoms with Gasteiger partial charge < -0.3 is 10.2 Å². The highest BCUT2D eigenvalue weighted by Gasteiger charge is 2.47. The number of anilines is 2. The van der Waals surface area contributed by atoms with E-state index in [1.54, 1.807) is 6.92 Å². The molecule has 0 bridgehead atoms. The second kappa shape index (κ2) is 6.17. The second-order valence-corrected chi connectivity index (χ2v) is 7.48. The molecule has 3 atom stereocenters. The van der Waals surface area contributed by atoms with Crippen molar-refractivity contribution in [1.82, 2.24) is 4.98 Å². The van der Waals surface area contributed by atoms with E-state index in [2.05, 4.69) is 48.4 Å². The number of aryl methyl sites for hydroxylation is 1. The molecule has 1 aliphatic carbocycles. The van der Waals surface area contributed by atoms with Gasteiger partial charge in [0.05, 0.1) is 6.04 Å². The van der Waals surface area contributed by atoms with E-state index in [1.807, 2.05) is 23.2 Å². The third kappa shape index (κ3) is 2.90. The van der Waals surface area contributed by atoms with Gasteiger partial charge in [-0.25, -0.2) is 4.98 Å². The second-order valence-electron chi connectivity index (χ2n) is 7.48. The molecule has 1 amide bonds. The Morgan fingerprint density at radius 3 is 2.68 bits per heavy atom. The van der Waals surface area contributed by atoms with Crippen molar-refractivity contribution in [3.63, 3.8) is 0 Å². The Labute approximate surface area is 149 Å². The van der Waals surface area contributed by atoms with Gasteiger partial charge >= 0.3 is 0 Å². The Bertz CT molecular complexity index is 799. The van der Waals surface area contributed by atoms with Gasteiger partial charge in [0.1, 0.15) is 5.82 Å². The molecule has 0 unspecified atom stereocenters. The maximum atomic E-state index is 12.5. The first-order chi connectivity index (χ1) is 12.1. The molecule has 4 heteroatoms. The summed E-state index contributed by atoms with van der Waals surface area (Å²) in [6.45, 7) is 6.03. The quantitative estimate of drug-likeness (QED) is 0.908. The maximum absolute atomic E-state index is 12.5. The Hall–Kier alpha value is -2.36. The van der Waals surface area contributed by atoms with Crippen molar-refractivity contribution in [3.05, 3.63) is 53.7 Å². The highest BCUT2D eigenvalue weighted by Crippen LogP contribution is 2.49. The molecule has 0 radical (unpaired) electrons. The summed E-state index contributed by atoms with van der Waals surface area (Å²) >= 11 is 0. The lowest BCUT2D eigenvalue weighted by molar-refractivity contribution is -0.117. The standard InChI is InChI=1S/C21H25N3O/c1-13-10-11-22-19(12-13)23-20-14(2)21(16-8-9-16)24(15(3)25)18-7-5-4-6-17(18)20/h4-7,10-12,14,16,20-21H,8-9H2,1-3H3,(H,22,23)/t14-,20-,21-/m1/s1. The van der Waals surface area contributed by atoms with Crippen LogP contribution in [0.3, 0.4) is 0 Å². The summed E-state index contributed by atoms with van der Waals surface area (Å²) < 4.78 is 0. The molecule has 2 aliphatic rings. The van der Waals surface area contributed by atoms with Crippen LogP contribution in [0, 0.1) is 18.8 Å². The number of benzene rings is 1. The molecule has 1 aromatic heterocycles. The first-order valence-electron chi connectivity index (χ1n) is 9.14. The molecule has 0 saturated heterocycles. The fourth-order valence-corrected chi connectivity index (χ4v) is 4.29. The molecule has 2 aromatic rings. The first-order valence-corrected chi connectivity index (χ1v) is 9.14. The zero-order chi connectivity index (χ0) is 17.6. The number of amides is 1. The number of para-hydroxylation sites is 1. The van der Waals surface area contributed by atoms with E-state index < -0.39 is 0 Å². The molecule has 2 heterocycles. The molecule has 130 valence electrons. The third-order valence-electron chi connectivity index (χ3n) is 5.56. The van der Waals surface area contributed by atoms with Gasteiger partial charge in [-0.1, -0.05) is 25.1 Å². The van der Waals surface area contributed by atoms with Crippen molar-refractivity contribution in [1.29, 1.82) is 0 Å². The Morgan fingerprint density at radius 1 is 1.24 bits per heavy atom. The number of hydrogen-bond donors (Lipinski definition) is 1. The van der Waals surface area contributed by atoms with Crippen molar-refractivity contribution >= 4 is 17.4 Å². The molecular weight excluding hydrogens is 310 g/mol. The highest BCUT2D eigenvalue weighted by atomic mass is 16.2. The van der Waals surface area contributed by atoms with Gasteiger partial charge in [0.25, 0.3) is 0 Å². The van der Waals surface area contributed by atoms with Crippen molar-refractivity contribution in [2.75, 3.05) is 10.2 Å². The lowest BCUT2D eigenvalue weighted by atomic mass is 9.80. The zero-order valence-electron chi connectivity index (χ0n) is 15.1. The Balaban J connectivity index is 1.77. The van der Waals surface area contributed by atoms with Crippen LogP contribution >= 0.6 is 0 Å². The number of carbonyl (C=O) groups is 1. The van der Waals surface area contributed by atoms with E-state index >= 15 is 0 Å². The third-order valence-corrected chi connectivity index (χ3v) is 5.56. The minimum absolute atomic E-state index is 0.142. The molecule has 1 N–H and O–H groups in total. The molecule has 1 aromatic carbocycles. The summed E-state index contributed by atoms with van der Waals surface area (Å²) in [5, 5.41) is 3.65. The normalized spacial score (nSPS) is 25.4. The fraction of sp³-hybridized carbons (Fsp3) is 0.429. The number of hydrogen-bond acceptors (Lipinski definition) is 3. The van der Waals surface area contributed by atoms with Gasteiger partial charge in [-0.3, -0.25) is 4.79 Å². The summed E-state index contributed by atoms with van der Waals surface area (Å²) in [7, 11) is 0. The highest BCUT2D eigenvalue weighted by molar-refractivity contribution is 5.94. The average molecular weight is 335 g/mol. The van der Waals surface area contributed by atoms with Crippen LogP contribution in [0.5, 0.6) is 0 Å². The van der Waals surface area contributed by atoms with Crippen LogP contribution < -0.4 is 10.2 Å². The molecule has 1 fully saturated rings. The molecule has 4 rings (SSSR count). The van der Waals surface area contributed by atoms with Crippen LogP contribution in [0.1, 0.15) is 43.9 Å². The van der Waals surface area contributed by atoms with Gasteiger partial charge in [-0.05, 0) is 55.0 Å². The van der Waals surface area contributed by atoms with E-state index in [9.17, 15) is 4.79 Å². The number of nitrogens with zero attached hydrogens (tertiary/aromatic N) is 2. The smallest absolute Gasteiger partial charge is 0.224 e. The van der Waals surface area contributed by atoms with E-state index in [4.69, 9.17) is 0 Å². The molecule has 25 heavy (non-hydrogen) atoms. The van der Waals surface area contributed by atoms with Gasteiger partial charge in [0, 0.05) is 30.8 Å². The van der Waals surface area contributed by atoms with Crippen LogP contribution in [0.2, 0.25) is 0 Å². The summed E-state index contributed by atoms with van der Waals surface area (Å²) in [5.41, 5.74) is 3.43. The molecule has 1 saturated carbocycles. The molecule has 4 nitrogen and oxygen atoms in total. The fourth-order valence-electron chi connectivity index (χ4n) is 4.29. The van der Waals surface area contributed by atoms with Crippen LogP contribution in [0.15, 0.2) is 42.6 Å². The predicted molar refractivity (Wildman–Crippen MR) is 101 cm³/mol. The minimum Gasteiger partial charge on any atom is -0.363 e. The summed E-state index contributed by atoms with van der Waals surface area (Å²) in [5.74, 6) is 1.98. The predicted octanol–water partition coefficient (Wildman–Crippen LogP) is 4.32. The molecule has 1 aliphatic heterocycles. The SMILES string of the molecule is CC(=O)N1c2ccccc2[C@H](Nc2cc(C)ccn2)[C@@H](C)[C@@H]1C1CC1. The number of carbonyl (C=O) groups excluding carboxylic acids is 1. The first kappa shape index (κ1) is 16.1. The molecular formula is C21H25N3O. The van der Waals surface area contributed by atoms with Gasteiger partial charge in [-0.15, -0.1) is 0 Å². The lowest BCUT2D eigenvalue weighted by Crippen LogP contribution is -2.51. The summed E-state index contributed by atoms with van der Waals surface area (Å²) in [4.78, 5) is 19.0. The summed E-state index contributed by atoms with van der Waals surface area (Å²) in [6, 6.07) is 12.8. The van der Waals surface area contributed by atoms with Crippen molar-refractivity contribution in [2.45, 2.75) is 45.7 Å². The van der Waals surface area contributed by atoms with Crippen molar-refractivity contribution < 1.29 is 4.79 Å². The largest absolute Gasteiger partial charge is 0.363 e.